The Bertz CT molecular complexity index is 1420. The van der Waals surface area contributed by atoms with E-state index in [1.807, 2.05) is 42.5 Å². The van der Waals surface area contributed by atoms with Crippen LogP contribution in [0.25, 0.3) is 0 Å². The summed E-state index contributed by atoms with van der Waals surface area (Å²) in [4.78, 5) is 58.1. The molecule has 4 amide bonds. The molecule has 1 fully saturated rings. The molecule has 8 nitrogen and oxygen atoms in total. The predicted octanol–water partition coefficient (Wildman–Crippen LogP) is 3.61. The summed E-state index contributed by atoms with van der Waals surface area (Å²) in [6, 6.07) is 21.0. The van der Waals surface area contributed by atoms with Gasteiger partial charge < -0.3 is 15.5 Å². The summed E-state index contributed by atoms with van der Waals surface area (Å²) in [6.45, 7) is -0.0577. The lowest BCUT2D eigenvalue weighted by atomic mass is 10.0. The topological polar surface area (TPSA) is 104 Å². The van der Waals surface area contributed by atoms with Crippen LogP contribution >= 0.6 is 0 Å². The number of anilines is 3. The molecule has 0 radical (unpaired) electrons. The van der Waals surface area contributed by atoms with E-state index in [1.165, 1.54) is 0 Å². The van der Waals surface area contributed by atoms with Crippen molar-refractivity contribution >= 4 is 40.7 Å². The summed E-state index contributed by atoms with van der Waals surface area (Å²) < 4.78 is 0. The van der Waals surface area contributed by atoms with Crippen molar-refractivity contribution in [3.8, 4) is 0 Å². The molecule has 3 aliphatic rings. The number of carbonyl (C=O) groups excluding carboxylic acids is 4. The van der Waals surface area contributed by atoms with Crippen LogP contribution in [0.4, 0.5) is 17.1 Å². The highest BCUT2D eigenvalue weighted by molar-refractivity contribution is 6.23. The molecule has 186 valence electrons. The summed E-state index contributed by atoms with van der Waals surface area (Å²) in [5.41, 5.74) is 9.34. The molecule has 6 rings (SSSR count). The van der Waals surface area contributed by atoms with Gasteiger partial charge in [0.05, 0.1) is 35.0 Å². The summed E-state index contributed by atoms with van der Waals surface area (Å²) in [6.07, 6.45) is 2.15. The van der Waals surface area contributed by atoms with Gasteiger partial charge in [0.2, 0.25) is 11.8 Å². The van der Waals surface area contributed by atoms with Crippen LogP contribution in [0.3, 0.4) is 0 Å². The minimum Gasteiger partial charge on any atom is -0.399 e. The Morgan fingerprint density at radius 1 is 0.811 bits per heavy atom. The van der Waals surface area contributed by atoms with Crippen LogP contribution in [0.15, 0.2) is 72.8 Å². The molecule has 8 heteroatoms. The molecular weight excluding hydrogens is 468 g/mol. The number of benzene rings is 3. The molecule has 0 saturated heterocycles. The molecule has 0 bridgehead atoms. The third-order valence-electron chi connectivity index (χ3n) is 7.56. The molecule has 1 aliphatic carbocycles. The highest BCUT2D eigenvalue weighted by atomic mass is 16.2. The number of imide groups is 1. The van der Waals surface area contributed by atoms with Crippen LogP contribution < -0.4 is 15.5 Å². The fourth-order valence-electron chi connectivity index (χ4n) is 5.88. The Hall–Kier alpha value is -4.46. The zero-order valence-corrected chi connectivity index (χ0v) is 20.2. The van der Waals surface area contributed by atoms with Crippen molar-refractivity contribution < 1.29 is 19.2 Å². The number of nitrogens with zero attached hydrogens (tertiary/aromatic N) is 3. The number of hydrogen-bond donors (Lipinski definition) is 1. The van der Waals surface area contributed by atoms with Gasteiger partial charge in [-0.15, -0.1) is 0 Å². The summed E-state index contributed by atoms with van der Waals surface area (Å²) in [5.74, 6) is -1.73. The van der Waals surface area contributed by atoms with Crippen molar-refractivity contribution in [2.24, 2.45) is 5.92 Å². The van der Waals surface area contributed by atoms with E-state index in [1.54, 1.807) is 40.1 Å². The molecule has 2 N–H and O–H groups in total. The van der Waals surface area contributed by atoms with Crippen LogP contribution in [0, 0.1) is 5.92 Å². The van der Waals surface area contributed by atoms with Gasteiger partial charge in [-0.1, -0.05) is 42.8 Å². The highest BCUT2D eigenvalue weighted by Crippen LogP contribution is 2.43. The quantitative estimate of drug-likeness (QED) is 0.441. The number of hydrogen-bond acceptors (Lipinski definition) is 5. The van der Waals surface area contributed by atoms with Crippen LogP contribution in [0.2, 0.25) is 0 Å². The Balaban J connectivity index is 1.37. The SMILES string of the molecule is Nc1cccc(CN2C(=O)C3CCCC3N(C(=O)CN3C(=O)c4ccccc4C3=O)c3ccccc32)c1. The van der Waals surface area contributed by atoms with Gasteiger partial charge in [0.15, 0.2) is 0 Å². The van der Waals surface area contributed by atoms with Gasteiger partial charge in [-0.25, -0.2) is 0 Å². The molecule has 0 spiro atoms. The number of para-hydroxylation sites is 2. The zero-order valence-electron chi connectivity index (χ0n) is 20.2. The first-order valence-corrected chi connectivity index (χ1v) is 12.5. The lowest BCUT2D eigenvalue weighted by molar-refractivity contribution is -0.123. The summed E-state index contributed by atoms with van der Waals surface area (Å²) >= 11 is 0. The van der Waals surface area contributed by atoms with Gasteiger partial charge in [-0.3, -0.25) is 24.1 Å². The second kappa shape index (κ2) is 8.89. The fourth-order valence-corrected chi connectivity index (χ4v) is 5.88. The molecule has 3 aromatic rings. The minimum atomic E-state index is -0.473. The summed E-state index contributed by atoms with van der Waals surface area (Å²) in [5, 5.41) is 0. The fraction of sp³-hybridized carbons (Fsp3) is 0.241. The average Bonchev–Trinajstić information content (AvgIpc) is 3.45. The van der Waals surface area contributed by atoms with E-state index < -0.39 is 11.8 Å². The Kier molecular flexibility index (Phi) is 5.52. The van der Waals surface area contributed by atoms with Crippen LogP contribution in [0.5, 0.6) is 0 Å². The second-order valence-corrected chi connectivity index (χ2v) is 9.77. The Morgan fingerprint density at radius 3 is 2.19 bits per heavy atom. The molecule has 2 unspecified atom stereocenters. The van der Waals surface area contributed by atoms with Crippen molar-refractivity contribution in [3.05, 3.63) is 89.5 Å². The molecular formula is C29H26N4O4. The van der Waals surface area contributed by atoms with Crippen molar-refractivity contribution in [1.29, 1.82) is 0 Å². The van der Waals surface area contributed by atoms with Crippen molar-refractivity contribution in [2.45, 2.75) is 31.8 Å². The number of nitrogen functional groups attached to an aromatic ring is 1. The first-order chi connectivity index (χ1) is 17.9. The van der Waals surface area contributed by atoms with Crippen LogP contribution in [-0.2, 0) is 16.1 Å². The normalized spacial score (nSPS) is 20.5. The molecule has 3 aromatic carbocycles. The maximum Gasteiger partial charge on any atom is 0.262 e. The molecule has 37 heavy (non-hydrogen) atoms. The summed E-state index contributed by atoms with van der Waals surface area (Å²) in [7, 11) is 0. The number of nitrogens with two attached hydrogens (primary N) is 1. The molecule has 2 aliphatic heterocycles. The number of rotatable bonds is 4. The zero-order chi connectivity index (χ0) is 25.7. The van der Waals surface area contributed by atoms with E-state index in [-0.39, 0.29) is 30.3 Å². The van der Waals surface area contributed by atoms with Crippen molar-refractivity contribution in [1.82, 2.24) is 4.90 Å². The molecule has 2 heterocycles. The van der Waals surface area contributed by atoms with Gasteiger partial charge in [0, 0.05) is 11.7 Å². The molecule has 1 saturated carbocycles. The first-order valence-electron chi connectivity index (χ1n) is 12.5. The third kappa shape index (κ3) is 3.76. The largest absolute Gasteiger partial charge is 0.399 e. The van der Waals surface area contributed by atoms with E-state index in [9.17, 15) is 19.2 Å². The highest BCUT2D eigenvalue weighted by Gasteiger charge is 2.46. The van der Waals surface area contributed by atoms with E-state index in [0.717, 1.165) is 16.9 Å². The lowest BCUT2D eigenvalue weighted by Gasteiger charge is -2.31. The van der Waals surface area contributed by atoms with E-state index >= 15 is 0 Å². The lowest BCUT2D eigenvalue weighted by Crippen LogP contribution is -2.49. The van der Waals surface area contributed by atoms with Gasteiger partial charge in [0.1, 0.15) is 6.54 Å². The minimum absolute atomic E-state index is 0.0339. The standard InChI is InChI=1S/C29H26N4O4/c30-19-8-5-7-18(15-19)16-31-24-12-3-4-13-25(24)33(23-14-6-11-22(23)29(31)37)26(34)17-32-27(35)20-9-1-2-10-21(20)28(32)36/h1-5,7-10,12-13,15,22-23H,6,11,14,16-17,30H2. The maximum atomic E-state index is 13.9. The van der Waals surface area contributed by atoms with Crippen LogP contribution in [-0.4, -0.2) is 41.1 Å². The van der Waals surface area contributed by atoms with E-state index in [0.29, 0.717) is 47.6 Å². The third-order valence-corrected chi connectivity index (χ3v) is 7.56. The van der Waals surface area contributed by atoms with E-state index in [4.69, 9.17) is 5.73 Å². The predicted molar refractivity (Wildman–Crippen MR) is 139 cm³/mol. The first kappa shape index (κ1) is 23.0. The van der Waals surface area contributed by atoms with Crippen molar-refractivity contribution in [2.75, 3.05) is 22.1 Å². The van der Waals surface area contributed by atoms with E-state index in [2.05, 4.69) is 0 Å². The van der Waals surface area contributed by atoms with Gasteiger partial charge in [-0.05, 0) is 54.8 Å². The molecule has 0 aromatic heterocycles. The average molecular weight is 495 g/mol. The molecule has 2 atom stereocenters. The number of carbonyl (C=O) groups is 4. The smallest absolute Gasteiger partial charge is 0.262 e. The van der Waals surface area contributed by atoms with Gasteiger partial charge in [0.25, 0.3) is 11.8 Å². The Morgan fingerprint density at radius 2 is 1.49 bits per heavy atom. The number of fused-ring (bicyclic) bond motifs is 3. The van der Waals surface area contributed by atoms with Gasteiger partial charge >= 0.3 is 0 Å². The Labute approximate surface area is 214 Å². The maximum absolute atomic E-state index is 13.9. The van der Waals surface area contributed by atoms with Crippen molar-refractivity contribution in [3.63, 3.8) is 0 Å². The van der Waals surface area contributed by atoms with Gasteiger partial charge in [-0.2, -0.15) is 0 Å². The van der Waals surface area contributed by atoms with Crippen LogP contribution in [0.1, 0.15) is 45.5 Å². The number of amides is 4. The second-order valence-electron chi connectivity index (χ2n) is 9.77. The monoisotopic (exact) mass is 494 g/mol.